The summed E-state index contributed by atoms with van der Waals surface area (Å²) in [6.07, 6.45) is 1.10. The van der Waals surface area contributed by atoms with Crippen molar-refractivity contribution in [2.45, 2.75) is 45.0 Å². The number of ether oxygens (including phenoxy) is 1. The molecule has 4 heterocycles. The number of aliphatic hydroxyl groups is 1. The predicted molar refractivity (Wildman–Crippen MR) is 136 cm³/mol. The molecule has 1 atom stereocenters. The summed E-state index contributed by atoms with van der Waals surface area (Å²) in [5.74, 6) is 1.80. The Bertz CT molecular complexity index is 1220. The Morgan fingerprint density at radius 1 is 1.05 bits per heavy atom. The number of amides is 1. The number of rotatable bonds is 7. The van der Waals surface area contributed by atoms with Gasteiger partial charge < -0.3 is 19.6 Å². The molecule has 2 aliphatic rings. The van der Waals surface area contributed by atoms with Gasteiger partial charge in [-0.2, -0.15) is 4.52 Å². The second-order valence-electron chi connectivity index (χ2n) is 9.96. The molecule has 1 N–H and O–H groups in total. The highest BCUT2D eigenvalue weighted by molar-refractivity contribution is 5.73. The van der Waals surface area contributed by atoms with Crippen LogP contribution in [0.3, 0.4) is 0 Å². The number of aromatic nitrogens is 4. The fraction of sp³-hybridized carbons (Fsp3) is 0.538. The Kier molecular flexibility index (Phi) is 7.25. The molecule has 2 fully saturated rings. The molecule has 0 saturated carbocycles. The van der Waals surface area contributed by atoms with E-state index in [-0.39, 0.29) is 17.8 Å². The zero-order valence-electron chi connectivity index (χ0n) is 21.4. The van der Waals surface area contributed by atoms with Crippen LogP contribution in [0, 0.1) is 0 Å². The second kappa shape index (κ2) is 10.6. The zero-order chi connectivity index (χ0) is 26.0. The van der Waals surface area contributed by atoms with Gasteiger partial charge >= 0.3 is 0 Å². The maximum atomic E-state index is 13.2. The average molecular weight is 512 g/mol. The van der Waals surface area contributed by atoms with E-state index in [4.69, 9.17) is 4.74 Å². The maximum absolute atomic E-state index is 13.2. The first kappa shape index (κ1) is 25.3. The summed E-state index contributed by atoms with van der Waals surface area (Å²) >= 11 is 0. The molecule has 1 aromatic carbocycles. The summed E-state index contributed by atoms with van der Waals surface area (Å²) in [6, 6.07) is 11.6. The van der Waals surface area contributed by atoms with Crippen LogP contribution in [0.1, 0.15) is 38.1 Å². The van der Waals surface area contributed by atoms with Gasteiger partial charge in [-0.3, -0.25) is 9.69 Å². The summed E-state index contributed by atoms with van der Waals surface area (Å²) in [6.45, 7) is 8.06. The van der Waals surface area contributed by atoms with Crippen LogP contribution in [0.5, 0.6) is 5.75 Å². The molecule has 1 amide bonds. The normalized spacial score (nSPS) is 19.2. The number of alkyl halides is 1. The summed E-state index contributed by atoms with van der Waals surface area (Å²) in [4.78, 5) is 17.8. The van der Waals surface area contributed by atoms with Crippen LogP contribution in [-0.2, 0) is 17.1 Å². The molecule has 0 bridgehead atoms. The van der Waals surface area contributed by atoms with Crippen molar-refractivity contribution in [3.63, 3.8) is 0 Å². The lowest BCUT2D eigenvalue weighted by molar-refractivity contribution is -0.130. The summed E-state index contributed by atoms with van der Waals surface area (Å²) in [5, 5.41) is 23.6. The number of carbonyl (C=O) groups is 1. The molecule has 198 valence electrons. The molecule has 0 spiro atoms. The molecule has 2 aliphatic heterocycles. The first-order chi connectivity index (χ1) is 17.9. The molecule has 0 aliphatic carbocycles. The lowest BCUT2D eigenvalue weighted by atomic mass is 9.84. The standard InChI is InChI=1S/C26H34FN7O3/c1-19(31-13-15-32(16-14-31)20(2)35)18-37-22-5-3-21(4-6-22)26(36)9-11-33(12-10-26)24-8-7-23-28-29-25(17-27)34(23)30-24/h3-8,19,36H,9-18H2,1-2H3/t19-/m0/s1. The number of benzene rings is 1. The second-order valence-corrected chi connectivity index (χ2v) is 9.96. The van der Waals surface area contributed by atoms with Gasteiger partial charge in [-0.15, -0.1) is 15.3 Å². The molecule has 11 heteroatoms. The van der Waals surface area contributed by atoms with E-state index in [0.29, 0.717) is 44.0 Å². The van der Waals surface area contributed by atoms with Crippen molar-refractivity contribution in [3.8, 4) is 5.75 Å². The SMILES string of the molecule is CC(=O)N1CCN([C@@H](C)COc2ccc(C3(O)CCN(c4ccc5nnc(CF)n5n4)CC3)cc2)CC1. The van der Waals surface area contributed by atoms with Crippen molar-refractivity contribution in [1.29, 1.82) is 0 Å². The molecule has 3 aromatic rings. The van der Waals surface area contributed by atoms with Gasteiger partial charge in [-0.25, -0.2) is 4.39 Å². The number of carbonyl (C=O) groups excluding carboxylic acids is 1. The third kappa shape index (κ3) is 5.37. The van der Waals surface area contributed by atoms with Crippen molar-refractivity contribution in [1.82, 2.24) is 29.6 Å². The number of piperazine rings is 1. The molecular formula is C26H34FN7O3. The van der Waals surface area contributed by atoms with E-state index < -0.39 is 12.3 Å². The predicted octanol–water partition coefficient (Wildman–Crippen LogP) is 2.01. The van der Waals surface area contributed by atoms with Crippen molar-refractivity contribution in [3.05, 3.63) is 47.8 Å². The minimum atomic E-state index is -0.927. The van der Waals surface area contributed by atoms with Crippen LogP contribution in [0.4, 0.5) is 10.2 Å². The quantitative estimate of drug-likeness (QED) is 0.515. The Morgan fingerprint density at radius 3 is 2.41 bits per heavy atom. The largest absolute Gasteiger partial charge is 0.492 e. The number of halogens is 1. The number of anilines is 1. The van der Waals surface area contributed by atoms with E-state index in [1.807, 2.05) is 35.2 Å². The van der Waals surface area contributed by atoms with Gasteiger partial charge in [0.1, 0.15) is 18.2 Å². The number of hydrogen-bond acceptors (Lipinski definition) is 8. The highest BCUT2D eigenvalue weighted by Crippen LogP contribution is 2.35. The topological polar surface area (TPSA) is 99.3 Å². The van der Waals surface area contributed by atoms with E-state index in [1.54, 1.807) is 13.0 Å². The lowest BCUT2D eigenvalue weighted by Crippen LogP contribution is -2.52. The van der Waals surface area contributed by atoms with Crippen LogP contribution in [0.15, 0.2) is 36.4 Å². The van der Waals surface area contributed by atoms with E-state index in [2.05, 4.69) is 32.0 Å². The minimum Gasteiger partial charge on any atom is -0.492 e. The Morgan fingerprint density at radius 2 is 1.76 bits per heavy atom. The van der Waals surface area contributed by atoms with Gasteiger partial charge in [0.2, 0.25) is 5.91 Å². The monoisotopic (exact) mass is 511 g/mol. The van der Waals surface area contributed by atoms with E-state index in [9.17, 15) is 14.3 Å². The van der Waals surface area contributed by atoms with E-state index in [1.165, 1.54) is 4.52 Å². The summed E-state index contributed by atoms with van der Waals surface area (Å²) < 4.78 is 20.6. The number of fused-ring (bicyclic) bond motifs is 1. The number of hydrogen-bond donors (Lipinski definition) is 1. The van der Waals surface area contributed by atoms with Crippen molar-refractivity contribution in [2.24, 2.45) is 0 Å². The molecular weight excluding hydrogens is 477 g/mol. The number of piperidine rings is 1. The first-order valence-corrected chi connectivity index (χ1v) is 12.8. The Labute approximate surface area is 215 Å². The lowest BCUT2D eigenvalue weighted by Gasteiger charge is -2.39. The molecule has 2 aromatic heterocycles. The molecule has 0 unspecified atom stereocenters. The number of nitrogens with zero attached hydrogens (tertiary/aromatic N) is 7. The summed E-state index contributed by atoms with van der Waals surface area (Å²) in [5.41, 5.74) is 0.454. The van der Waals surface area contributed by atoms with Crippen LogP contribution in [-0.4, -0.2) is 92.5 Å². The molecule has 5 rings (SSSR count). The minimum absolute atomic E-state index is 0.133. The molecule has 10 nitrogen and oxygen atoms in total. The Hall–Kier alpha value is -3.31. The van der Waals surface area contributed by atoms with E-state index >= 15 is 0 Å². The zero-order valence-corrected chi connectivity index (χ0v) is 21.4. The summed E-state index contributed by atoms with van der Waals surface area (Å²) in [7, 11) is 0. The van der Waals surface area contributed by atoms with Crippen molar-refractivity contribution < 1.29 is 19.0 Å². The Balaban J connectivity index is 1.14. The third-order valence-corrected chi connectivity index (χ3v) is 7.61. The first-order valence-electron chi connectivity index (χ1n) is 12.8. The van der Waals surface area contributed by atoms with Gasteiger partial charge in [-0.1, -0.05) is 12.1 Å². The highest BCUT2D eigenvalue weighted by Gasteiger charge is 2.34. The van der Waals surface area contributed by atoms with Crippen molar-refractivity contribution >= 4 is 17.4 Å². The average Bonchev–Trinajstić information content (AvgIpc) is 3.35. The van der Waals surface area contributed by atoms with Gasteiger partial charge in [0.05, 0.1) is 5.60 Å². The van der Waals surface area contributed by atoms with Crippen LogP contribution < -0.4 is 9.64 Å². The smallest absolute Gasteiger partial charge is 0.219 e. The third-order valence-electron chi connectivity index (χ3n) is 7.61. The van der Waals surface area contributed by atoms with Crippen LogP contribution in [0.25, 0.3) is 5.65 Å². The molecule has 2 saturated heterocycles. The van der Waals surface area contributed by atoms with Crippen LogP contribution >= 0.6 is 0 Å². The molecule has 0 radical (unpaired) electrons. The fourth-order valence-electron chi connectivity index (χ4n) is 5.13. The van der Waals surface area contributed by atoms with E-state index in [0.717, 1.165) is 37.5 Å². The van der Waals surface area contributed by atoms with Crippen molar-refractivity contribution in [2.75, 3.05) is 50.8 Å². The molecule has 37 heavy (non-hydrogen) atoms. The van der Waals surface area contributed by atoms with Gasteiger partial charge in [0.25, 0.3) is 0 Å². The van der Waals surface area contributed by atoms with Gasteiger partial charge in [0, 0.05) is 52.2 Å². The van der Waals surface area contributed by atoms with Crippen LogP contribution in [0.2, 0.25) is 0 Å². The van der Waals surface area contributed by atoms with Gasteiger partial charge in [-0.05, 0) is 49.6 Å². The maximum Gasteiger partial charge on any atom is 0.219 e. The fourth-order valence-corrected chi connectivity index (χ4v) is 5.13. The van der Waals surface area contributed by atoms with Gasteiger partial charge in [0.15, 0.2) is 18.1 Å². The highest BCUT2D eigenvalue weighted by atomic mass is 19.1.